The zero-order valence-electron chi connectivity index (χ0n) is 10.6. The predicted octanol–water partition coefficient (Wildman–Crippen LogP) is 0.584. The number of terminal acetylenes is 1. The van der Waals surface area contributed by atoms with Gasteiger partial charge >= 0.3 is 6.03 Å². The molecule has 2 amide bonds. The normalized spacial score (nSPS) is 20.8. The molecule has 2 heterocycles. The maximum atomic E-state index is 11.8. The molecule has 0 saturated heterocycles. The first-order chi connectivity index (χ1) is 8.47. The number of nitrogens with zero attached hydrogens (tertiary/aromatic N) is 4. The van der Waals surface area contributed by atoms with E-state index in [0.29, 0.717) is 0 Å². The van der Waals surface area contributed by atoms with E-state index in [0.717, 1.165) is 11.3 Å². The lowest BCUT2D eigenvalue weighted by molar-refractivity contribution is 0.199. The Hall–Kier alpha value is -2.29. The average Bonchev–Trinajstić information content (AvgIpc) is 2.80. The lowest BCUT2D eigenvalue weighted by atomic mass is 10.1. The summed E-state index contributed by atoms with van der Waals surface area (Å²) in [5.74, 6) is 2.80. The SMILES string of the molecule is C#CC(C)N1C(=O)N=C(N)C1c1cnn(C)c1C. The molecule has 1 aliphatic heterocycles. The summed E-state index contributed by atoms with van der Waals surface area (Å²) >= 11 is 0. The van der Waals surface area contributed by atoms with Crippen molar-refractivity contribution in [2.75, 3.05) is 0 Å². The Morgan fingerprint density at radius 2 is 2.28 bits per heavy atom. The van der Waals surface area contributed by atoms with Gasteiger partial charge in [-0.25, -0.2) is 4.79 Å². The molecule has 0 bridgehead atoms. The molecule has 0 radical (unpaired) electrons. The molecule has 0 saturated carbocycles. The molecule has 6 nitrogen and oxygen atoms in total. The first-order valence-electron chi connectivity index (χ1n) is 5.58. The third-order valence-electron chi connectivity index (χ3n) is 3.23. The summed E-state index contributed by atoms with van der Waals surface area (Å²) in [6.45, 7) is 3.68. The second kappa shape index (κ2) is 4.18. The van der Waals surface area contributed by atoms with Crippen molar-refractivity contribution < 1.29 is 4.79 Å². The summed E-state index contributed by atoms with van der Waals surface area (Å²) in [5.41, 5.74) is 7.63. The lowest BCUT2D eigenvalue weighted by Crippen LogP contribution is -2.39. The van der Waals surface area contributed by atoms with Crippen molar-refractivity contribution in [3.05, 3.63) is 17.5 Å². The van der Waals surface area contributed by atoms with Crippen LogP contribution in [0.5, 0.6) is 0 Å². The van der Waals surface area contributed by atoms with E-state index in [1.807, 2.05) is 14.0 Å². The van der Waals surface area contributed by atoms with Gasteiger partial charge in [-0.15, -0.1) is 6.42 Å². The Kier molecular flexibility index (Phi) is 2.83. The smallest absolute Gasteiger partial charge is 0.347 e. The Balaban J connectivity index is 2.47. The van der Waals surface area contributed by atoms with Gasteiger partial charge in [-0.05, 0) is 13.8 Å². The third kappa shape index (κ3) is 1.64. The molecule has 0 aliphatic carbocycles. The quantitative estimate of drug-likeness (QED) is 0.774. The highest BCUT2D eigenvalue weighted by Gasteiger charge is 2.38. The number of aromatic nitrogens is 2. The van der Waals surface area contributed by atoms with E-state index >= 15 is 0 Å². The van der Waals surface area contributed by atoms with Crippen LogP contribution in [0.4, 0.5) is 4.79 Å². The summed E-state index contributed by atoms with van der Waals surface area (Å²) < 4.78 is 1.73. The minimum Gasteiger partial charge on any atom is -0.385 e. The van der Waals surface area contributed by atoms with Gasteiger partial charge in [0.2, 0.25) is 0 Å². The molecule has 1 aliphatic rings. The van der Waals surface area contributed by atoms with Crippen LogP contribution in [0, 0.1) is 19.3 Å². The highest BCUT2D eigenvalue weighted by Crippen LogP contribution is 2.30. The van der Waals surface area contributed by atoms with E-state index in [2.05, 4.69) is 16.0 Å². The Morgan fingerprint density at radius 3 is 2.78 bits per heavy atom. The summed E-state index contributed by atoms with van der Waals surface area (Å²) in [4.78, 5) is 17.1. The molecular weight excluding hydrogens is 230 g/mol. The molecule has 2 unspecified atom stereocenters. The molecule has 18 heavy (non-hydrogen) atoms. The van der Waals surface area contributed by atoms with Crippen LogP contribution in [0.3, 0.4) is 0 Å². The number of nitrogens with two attached hydrogens (primary N) is 1. The largest absolute Gasteiger partial charge is 0.385 e. The van der Waals surface area contributed by atoms with Crippen molar-refractivity contribution in [3.63, 3.8) is 0 Å². The molecule has 2 rings (SSSR count). The van der Waals surface area contributed by atoms with Crippen LogP contribution in [-0.2, 0) is 7.05 Å². The van der Waals surface area contributed by atoms with E-state index in [-0.39, 0.29) is 11.9 Å². The Morgan fingerprint density at radius 1 is 1.61 bits per heavy atom. The number of carbonyl (C=O) groups is 1. The monoisotopic (exact) mass is 245 g/mol. The van der Waals surface area contributed by atoms with Gasteiger partial charge in [-0.3, -0.25) is 9.58 Å². The van der Waals surface area contributed by atoms with Gasteiger partial charge < -0.3 is 5.73 Å². The van der Waals surface area contributed by atoms with Gasteiger partial charge in [0, 0.05) is 18.3 Å². The molecule has 2 atom stereocenters. The number of hydrogen-bond donors (Lipinski definition) is 1. The van der Waals surface area contributed by atoms with Crippen LogP contribution in [0.2, 0.25) is 0 Å². The van der Waals surface area contributed by atoms with Crippen molar-refractivity contribution in [2.24, 2.45) is 17.8 Å². The van der Waals surface area contributed by atoms with E-state index in [1.165, 1.54) is 4.90 Å². The van der Waals surface area contributed by atoms with Crippen molar-refractivity contribution >= 4 is 11.9 Å². The van der Waals surface area contributed by atoms with Gasteiger partial charge in [0.1, 0.15) is 11.9 Å². The third-order valence-corrected chi connectivity index (χ3v) is 3.23. The number of rotatable bonds is 2. The van der Waals surface area contributed by atoms with Gasteiger partial charge in [0.25, 0.3) is 0 Å². The predicted molar refractivity (Wildman–Crippen MR) is 67.8 cm³/mol. The average molecular weight is 245 g/mol. The minimum absolute atomic E-state index is 0.262. The van der Waals surface area contributed by atoms with Gasteiger partial charge in [0.05, 0.1) is 12.2 Å². The molecule has 1 aromatic heterocycles. The van der Waals surface area contributed by atoms with E-state index in [9.17, 15) is 4.79 Å². The highest BCUT2D eigenvalue weighted by atomic mass is 16.2. The van der Waals surface area contributed by atoms with E-state index in [1.54, 1.807) is 17.8 Å². The number of aliphatic imine (C=N–C) groups is 1. The molecular formula is C12H15N5O. The van der Waals surface area contributed by atoms with Crippen LogP contribution in [-0.4, -0.2) is 32.6 Å². The molecule has 6 heteroatoms. The number of amidine groups is 1. The van der Waals surface area contributed by atoms with Crippen LogP contribution >= 0.6 is 0 Å². The highest BCUT2D eigenvalue weighted by molar-refractivity contribution is 6.03. The van der Waals surface area contributed by atoms with Crippen molar-refractivity contribution in [2.45, 2.75) is 25.9 Å². The van der Waals surface area contributed by atoms with Crippen molar-refractivity contribution in [1.82, 2.24) is 14.7 Å². The molecule has 0 aromatic carbocycles. The molecule has 0 fully saturated rings. The zero-order valence-corrected chi connectivity index (χ0v) is 10.6. The molecule has 1 aromatic rings. The van der Waals surface area contributed by atoms with Gasteiger partial charge in [-0.2, -0.15) is 10.1 Å². The van der Waals surface area contributed by atoms with Gasteiger partial charge in [0.15, 0.2) is 0 Å². The summed E-state index contributed by atoms with van der Waals surface area (Å²) in [6, 6.07) is -1.18. The van der Waals surface area contributed by atoms with Crippen LogP contribution < -0.4 is 5.73 Å². The lowest BCUT2D eigenvalue weighted by Gasteiger charge is -2.26. The maximum absolute atomic E-state index is 11.8. The fourth-order valence-corrected chi connectivity index (χ4v) is 2.05. The van der Waals surface area contributed by atoms with E-state index in [4.69, 9.17) is 12.2 Å². The van der Waals surface area contributed by atoms with Crippen LogP contribution in [0.15, 0.2) is 11.2 Å². The van der Waals surface area contributed by atoms with Gasteiger partial charge in [-0.1, -0.05) is 5.92 Å². The minimum atomic E-state index is -0.419. The molecule has 2 N–H and O–H groups in total. The number of hydrogen-bond acceptors (Lipinski definition) is 3. The zero-order chi connectivity index (χ0) is 13.4. The summed E-state index contributed by atoms with van der Waals surface area (Å²) in [5, 5.41) is 4.16. The number of urea groups is 1. The fourth-order valence-electron chi connectivity index (χ4n) is 2.05. The van der Waals surface area contributed by atoms with Crippen LogP contribution in [0.25, 0.3) is 0 Å². The number of carbonyl (C=O) groups excluding carboxylic acids is 1. The standard InChI is InChI=1S/C12H15N5O/c1-5-7(2)17-10(11(13)15-12(17)18)9-6-14-16(4)8(9)3/h1,6-7,10H,2-4H3,(H2,13,15,18). The second-order valence-electron chi connectivity index (χ2n) is 4.28. The first kappa shape index (κ1) is 12.2. The van der Waals surface area contributed by atoms with Crippen molar-refractivity contribution in [1.29, 1.82) is 0 Å². The van der Waals surface area contributed by atoms with Crippen molar-refractivity contribution in [3.8, 4) is 12.3 Å². The Bertz CT molecular complexity index is 566. The molecule has 0 spiro atoms. The Labute approximate surface area is 105 Å². The van der Waals surface area contributed by atoms with E-state index < -0.39 is 12.1 Å². The number of amides is 2. The second-order valence-corrected chi connectivity index (χ2v) is 4.28. The first-order valence-corrected chi connectivity index (χ1v) is 5.58. The topological polar surface area (TPSA) is 76.5 Å². The molecule has 94 valence electrons. The summed E-state index contributed by atoms with van der Waals surface area (Å²) in [6.07, 6.45) is 7.08. The number of aryl methyl sites for hydroxylation is 1. The maximum Gasteiger partial charge on any atom is 0.347 e. The summed E-state index contributed by atoms with van der Waals surface area (Å²) in [7, 11) is 1.83. The fraction of sp³-hybridized carbons (Fsp3) is 0.417. The van der Waals surface area contributed by atoms with Crippen LogP contribution in [0.1, 0.15) is 24.2 Å².